The summed E-state index contributed by atoms with van der Waals surface area (Å²) in [7, 11) is 0. The molecular formula is C17H25NO2. The number of benzene rings is 1. The molecule has 1 saturated heterocycles. The molecule has 3 rings (SSSR count). The quantitative estimate of drug-likeness (QED) is 0.915. The fourth-order valence-electron chi connectivity index (χ4n) is 3.40. The van der Waals surface area contributed by atoms with Crippen molar-refractivity contribution in [2.45, 2.75) is 57.8 Å². The first-order chi connectivity index (χ1) is 9.79. The van der Waals surface area contributed by atoms with E-state index in [2.05, 4.69) is 37.4 Å². The highest BCUT2D eigenvalue weighted by Gasteiger charge is 2.32. The minimum Gasteiger partial charge on any atom is -0.493 e. The number of hydrogen-bond donors (Lipinski definition) is 1. The van der Waals surface area contributed by atoms with Crippen molar-refractivity contribution in [1.82, 2.24) is 5.32 Å². The van der Waals surface area contributed by atoms with Crippen LogP contribution in [0, 0.1) is 0 Å². The van der Waals surface area contributed by atoms with Gasteiger partial charge in [-0.05, 0) is 44.7 Å². The number of hydrogen-bond acceptors (Lipinski definition) is 3. The Hall–Kier alpha value is -1.06. The molecule has 1 aromatic rings. The maximum Gasteiger partial charge on any atom is 0.127 e. The number of nitrogens with one attached hydrogen (secondary N) is 1. The first-order valence-electron chi connectivity index (χ1n) is 7.93. The van der Waals surface area contributed by atoms with E-state index in [-0.39, 0.29) is 12.1 Å². The van der Waals surface area contributed by atoms with Crippen molar-refractivity contribution in [2.75, 3.05) is 13.2 Å². The number of para-hydroxylation sites is 1. The van der Waals surface area contributed by atoms with Gasteiger partial charge in [0.05, 0.1) is 24.9 Å². The average Bonchev–Trinajstić information content (AvgIpc) is 2.91. The van der Waals surface area contributed by atoms with E-state index in [1.807, 2.05) is 0 Å². The molecule has 110 valence electrons. The molecule has 1 N–H and O–H groups in total. The summed E-state index contributed by atoms with van der Waals surface area (Å²) >= 11 is 0. The summed E-state index contributed by atoms with van der Waals surface area (Å²) in [4.78, 5) is 0. The molecule has 3 atom stereocenters. The Morgan fingerprint density at radius 2 is 2.25 bits per heavy atom. The molecule has 1 fully saturated rings. The molecule has 0 radical (unpaired) electrons. The summed E-state index contributed by atoms with van der Waals surface area (Å²) in [5.74, 6) is 1.10. The lowest BCUT2D eigenvalue weighted by atomic mass is 9.94. The van der Waals surface area contributed by atoms with Crippen molar-refractivity contribution in [3.05, 3.63) is 29.3 Å². The van der Waals surface area contributed by atoms with E-state index in [1.54, 1.807) is 0 Å². The highest BCUT2D eigenvalue weighted by Crippen LogP contribution is 2.38. The van der Waals surface area contributed by atoms with Crippen LogP contribution < -0.4 is 10.1 Å². The van der Waals surface area contributed by atoms with E-state index in [4.69, 9.17) is 9.47 Å². The Balaban J connectivity index is 1.91. The molecule has 2 aliphatic heterocycles. The van der Waals surface area contributed by atoms with Crippen molar-refractivity contribution >= 4 is 0 Å². The second-order valence-electron chi connectivity index (χ2n) is 5.89. The smallest absolute Gasteiger partial charge is 0.127 e. The van der Waals surface area contributed by atoms with Gasteiger partial charge in [-0.2, -0.15) is 0 Å². The molecule has 3 nitrogen and oxygen atoms in total. The van der Waals surface area contributed by atoms with Crippen molar-refractivity contribution in [1.29, 1.82) is 0 Å². The Kier molecular flexibility index (Phi) is 4.27. The van der Waals surface area contributed by atoms with Crippen LogP contribution in [0.5, 0.6) is 5.75 Å². The molecule has 1 aromatic carbocycles. The Morgan fingerprint density at radius 1 is 1.35 bits per heavy atom. The first-order valence-corrected chi connectivity index (χ1v) is 7.93. The summed E-state index contributed by atoms with van der Waals surface area (Å²) in [6.07, 6.45) is 5.18. The van der Waals surface area contributed by atoms with Crippen LogP contribution >= 0.6 is 0 Å². The largest absolute Gasteiger partial charge is 0.493 e. The van der Waals surface area contributed by atoms with E-state index < -0.39 is 0 Å². The molecule has 3 unspecified atom stereocenters. The van der Waals surface area contributed by atoms with E-state index in [9.17, 15) is 0 Å². The van der Waals surface area contributed by atoms with Crippen molar-refractivity contribution in [3.8, 4) is 5.75 Å². The number of likely N-dealkylation sites (N-methyl/N-ethyl adjacent to an activating group) is 1. The van der Waals surface area contributed by atoms with Gasteiger partial charge in [0, 0.05) is 5.56 Å². The molecule has 0 amide bonds. The van der Waals surface area contributed by atoms with Crippen LogP contribution in [0.15, 0.2) is 18.2 Å². The van der Waals surface area contributed by atoms with Crippen LogP contribution in [0.4, 0.5) is 0 Å². The van der Waals surface area contributed by atoms with Crippen LogP contribution in [0.2, 0.25) is 0 Å². The second-order valence-corrected chi connectivity index (χ2v) is 5.89. The zero-order chi connectivity index (χ0) is 13.9. The predicted octanol–water partition coefficient (Wildman–Crippen LogP) is 3.23. The molecule has 2 aliphatic rings. The topological polar surface area (TPSA) is 30.5 Å². The van der Waals surface area contributed by atoms with Crippen LogP contribution in [0.3, 0.4) is 0 Å². The molecule has 3 heteroatoms. The van der Waals surface area contributed by atoms with Gasteiger partial charge in [0.15, 0.2) is 0 Å². The molecule has 0 aliphatic carbocycles. The number of ether oxygens (including phenoxy) is 2. The fraction of sp³-hybridized carbons (Fsp3) is 0.647. The second kappa shape index (κ2) is 6.15. The molecule has 0 bridgehead atoms. The van der Waals surface area contributed by atoms with Crippen LogP contribution in [-0.2, 0) is 11.2 Å². The SMILES string of the molecule is CCNC(c1cccc2c1OCCC2)C1CCC(C)O1. The molecule has 0 spiro atoms. The third-order valence-corrected chi connectivity index (χ3v) is 4.36. The van der Waals surface area contributed by atoms with Gasteiger partial charge in [-0.3, -0.25) is 0 Å². The molecule has 2 heterocycles. The van der Waals surface area contributed by atoms with Gasteiger partial charge < -0.3 is 14.8 Å². The highest BCUT2D eigenvalue weighted by molar-refractivity contribution is 5.45. The molecular weight excluding hydrogens is 250 g/mol. The van der Waals surface area contributed by atoms with E-state index in [1.165, 1.54) is 11.1 Å². The van der Waals surface area contributed by atoms with Gasteiger partial charge in [-0.25, -0.2) is 0 Å². The van der Waals surface area contributed by atoms with Gasteiger partial charge in [0.25, 0.3) is 0 Å². The number of aryl methyl sites for hydroxylation is 1. The van der Waals surface area contributed by atoms with Gasteiger partial charge in [-0.15, -0.1) is 0 Å². The highest BCUT2D eigenvalue weighted by atomic mass is 16.5. The summed E-state index contributed by atoms with van der Waals surface area (Å²) in [6.45, 7) is 6.11. The molecule has 0 saturated carbocycles. The zero-order valence-corrected chi connectivity index (χ0v) is 12.5. The maximum atomic E-state index is 6.10. The first kappa shape index (κ1) is 13.9. The third kappa shape index (κ3) is 2.70. The summed E-state index contributed by atoms with van der Waals surface area (Å²) in [5, 5.41) is 3.61. The lowest BCUT2D eigenvalue weighted by Crippen LogP contribution is -2.33. The maximum absolute atomic E-state index is 6.10. The standard InChI is InChI=1S/C17H25NO2/c1-3-18-16(15-10-9-12(2)20-15)14-8-4-6-13-7-5-11-19-17(13)14/h4,6,8,12,15-16,18H,3,5,7,9-11H2,1-2H3. The van der Waals surface area contributed by atoms with Gasteiger partial charge in [0.2, 0.25) is 0 Å². The Labute approximate surface area is 121 Å². The average molecular weight is 275 g/mol. The van der Waals surface area contributed by atoms with Gasteiger partial charge in [-0.1, -0.05) is 25.1 Å². The van der Waals surface area contributed by atoms with Gasteiger partial charge in [0.1, 0.15) is 5.75 Å². The molecule has 0 aromatic heterocycles. The van der Waals surface area contributed by atoms with Gasteiger partial charge >= 0.3 is 0 Å². The van der Waals surface area contributed by atoms with Crippen molar-refractivity contribution in [2.24, 2.45) is 0 Å². The van der Waals surface area contributed by atoms with E-state index in [0.717, 1.165) is 44.6 Å². The Morgan fingerprint density at radius 3 is 3.00 bits per heavy atom. The van der Waals surface area contributed by atoms with Crippen LogP contribution in [0.25, 0.3) is 0 Å². The minimum atomic E-state index is 0.248. The van der Waals surface area contributed by atoms with E-state index in [0.29, 0.717) is 6.10 Å². The van der Waals surface area contributed by atoms with Crippen LogP contribution in [0.1, 0.15) is 50.3 Å². The van der Waals surface area contributed by atoms with Crippen LogP contribution in [-0.4, -0.2) is 25.4 Å². The fourth-order valence-corrected chi connectivity index (χ4v) is 3.40. The normalized spacial score (nSPS) is 26.9. The monoisotopic (exact) mass is 275 g/mol. The Bertz CT molecular complexity index is 460. The predicted molar refractivity (Wildman–Crippen MR) is 80.2 cm³/mol. The summed E-state index contributed by atoms with van der Waals surface area (Å²) in [5.41, 5.74) is 2.63. The zero-order valence-electron chi connectivity index (χ0n) is 12.5. The lowest BCUT2D eigenvalue weighted by Gasteiger charge is -2.29. The number of rotatable bonds is 4. The van der Waals surface area contributed by atoms with Crippen molar-refractivity contribution in [3.63, 3.8) is 0 Å². The summed E-state index contributed by atoms with van der Waals surface area (Å²) in [6, 6.07) is 6.80. The lowest BCUT2D eigenvalue weighted by molar-refractivity contribution is 0.0311. The van der Waals surface area contributed by atoms with Crippen molar-refractivity contribution < 1.29 is 9.47 Å². The minimum absolute atomic E-state index is 0.248. The molecule has 20 heavy (non-hydrogen) atoms. The van der Waals surface area contributed by atoms with E-state index >= 15 is 0 Å². The summed E-state index contributed by atoms with van der Waals surface area (Å²) < 4.78 is 12.1. The third-order valence-electron chi connectivity index (χ3n) is 4.36. The number of fused-ring (bicyclic) bond motifs is 1.